The standard InChI is InChI=1S/C18H32N2/c1-6-7-16-8-10-17(11-9-16)15(4)20(5)13-12-18(19)14(2)3/h8-11,14-15,18H,6-7,12-13,19H2,1-5H3. The molecular formula is C18H32N2. The molecule has 0 aliphatic heterocycles. The van der Waals surface area contributed by atoms with Crippen molar-refractivity contribution in [1.82, 2.24) is 4.90 Å². The molecule has 0 spiro atoms. The van der Waals surface area contributed by atoms with Crippen LogP contribution in [0.2, 0.25) is 0 Å². The van der Waals surface area contributed by atoms with Gasteiger partial charge >= 0.3 is 0 Å². The zero-order valence-electron chi connectivity index (χ0n) is 13.9. The Morgan fingerprint density at radius 3 is 2.20 bits per heavy atom. The van der Waals surface area contributed by atoms with Crippen molar-refractivity contribution in [3.05, 3.63) is 35.4 Å². The SMILES string of the molecule is CCCc1ccc(C(C)N(C)CCC(N)C(C)C)cc1. The highest BCUT2D eigenvalue weighted by atomic mass is 15.1. The highest BCUT2D eigenvalue weighted by molar-refractivity contribution is 5.24. The summed E-state index contributed by atoms with van der Waals surface area (Å²) in [5.41, 5.74) is 8.96. The monoisotopic (exact) mass is 276 g/mol. The van der Waals surface area contributed by atoms with Gasteiger partial charge in [0.15, 0.2) is 0 Å². The van der Waals surface area contributed by atoms with Crippen LogP contribution in [0.5, 0.6) is 0 Å². The first kappa shape index (κ1) is 17.2. The molecule has 114 valence electrons. The Morgan fingerprint density at radius 2 is 1.70 bits per heavy atom. The lowest BCUT2D eigenvalue weighted by atomic mass is 10.0. The predicted octanol–water partition coefficient (Wildman–Crippen LogP) is 4.01. The van der Waals surface area contributed by atoms with Crippen molar-refractivity contribution in [2.24, 2.45) is 11.7 Å². The highest BCUT2D eigenvalue weighted by Crippen LogP contribution is 2.20. The van der Waals surface area contributed by atoms with Gasteiger partial charge in [-0.2, -0.15) is 0 Å². The van der Waals surface area contributed by atoms with Crippen molar-refractivity contribution >= 4 is 0 Å². The minimum absolute atomic E-state index is 0.302. The number of hydrogen-bond donors (Lipinski definition) is 1. The van der Waals surface area contributed by atoms with E-state index < -0.39 is 0 Å². The minimum Gasteiger partial charge on any atom is -0.327 e. The molecule has 1 rings (SSSR count). The van der Waals surface area contributed by atoms with Crippen LogP contribution in [-0.2, 0) is 6.42 Å². The average Bonchev–Trinajstić information content (AvgIpc) is 2.44. The Balaban J connectivity index is 2.53. The summed E-state index contributed by atoms with van der Waals surface area (Å²) in [6.45, 7) is 9.94. The number of benzene rings is 1. The van der Waals surface area contributed by atoms with Crippen LogP contribution in [0.3, 0.4) is 0 Å². The van der Waals surface area contributed by atoms with Crippen LogP contribution in [0.25, 0.3) is 0 Å². The Labute approximate surface area is 125 Å². The van der Waals surface area contributed by atoms with Crippen LogP contribution in [0.1, 0.15) is 57.7 Å². The fourth-order valence-electron chi connectivity index (χ4n) is 2.39. The molecule has 2 heteroatoms. The van der Waals surface area contributed by atoms with Gasteiger partial charge in [0.1, 0.15) is 0 Å². The Morgan fingerprint density at radius 1 is 1.10 bits per heavy atom. The van der Waals surface area contributed by atoms with Crippen molar-refractivity contribution in [3.63, 3.8) is 0 Å². The first-order chi connectivity index (χ1) is 9.45. The Hall–Kier alpha value is -0.860. The highest BCUT2D eigenvalue weighted by Gasteiger charge is 2.14. The van der Waals surface area contributed by atoms with Gasteiger partial charge in [-0.25, -0.2) is 0 Å². The molecule has 20 heavy (non-hydrogen) atoms. The molecule has 0 radical (unpaired) electrons. The number of rotatable bonds is 8. The van der Waals surface area contributed by atoms with Gasteiger partial charge in [0.25, 0.3) is 0 Å². The van der Waals surface area contributed by atoms with Crippen molar-refractivity contribution in [3.8, 4) is 0 Å². The number of aryl methyl sites for hydroxylation is 1. The fourth-order valence-corrected chi connectivity index (χ4v) is 2.39. The van der Waals surface area contributed by atoms with Crippen LogP contribution in [0.4, 0.5) is 0 Å². The Bertz CT molecular complexity index is 370. The maximum Gasteiger partial charge on any atom is 0.0316 e. The first-order valence-corrected chi connectivity index (χ1v) is 8.00. The molecule has 0 fully saturated rings. The van der Waals surface area contributed by atoms with Crippen LogP contribution in [-0.4, -0.2) is 24.5 Å². The van der Waals surface area contributed by atoms with Gasteiger partial charge in [0.05, 0.1) is 0 Å². The lowest BCUT2D eigenvalue weighted by molar-refractivity contribution is 0.243. The van der Waals surface area contributed by atoms with E-state index in [1.807, 2.05) is 0 Å². The first-order valence-electron chi connectivity index (χ1n) is 8.00. The number of nitrogens with zero attached hydrogens (tertiary/aromatic N) is 1. The lowest BCUT2D eigenvalue weighted by Crippen LogP contribution is -2.32. The van der Waals surface area contributed by atoms with E-state index in [0.717, 1.165) is 13.0 Å². The molecule has 0 saturated carbocycles. The maximum absolute atomic E-state index is 6.13. The molecule has 0 aliphatic carbocycles. The quantitative estimate of drug-likeness (QED) is 0.777. The van der Waals surface area contributed by atoms with E-state index in [0.29, 0.717) is 18.0 Å². The molecule has 1 aromatic carbocycles. The largest absolute Gasteiger partial charge is 0.327 e. The Kier molecular flexibility index (Phi) is 7.25. The van der Waals surface area contributed by atoms with Crippen molar-refractivity contribution in [2.45, 2.75) is 59.0 Å². The molecule has 0 aliphatic rings. The smallest absolute Gasteiger partial charge is 0.0316 e. The summed E-state index contributed by atoms with van der Waals surface area (Å²) in [4.78, 5) is 2.40. The molecule has 0 amide bonds. The van der Waals surface area contributed by atoms with E-state index in [2.05, 4.69) is 63.9 Å². The third kappa shape index (κ3) is 5.26. The summed E-state index contributed by atoms with van der Waals surface area (Å²) in [7, 11) is 2.19. The molecular weight excluding hydrogens is 244 g/mol. The summed E-state index contributed by atoms with van der Waals surface area (Å²) in [5, 5.41) is 0. The molecule has 0 bridgehead atoms. The molecule has 1 aromatic rings. The van der Waals surface area contributed by atoms with Crippen LogP contribution in [0.15, 0.2) is 24.3 Å². The maximum atomic E-state index is 6.13. The van der Waals surface area contributed by atoms with Crippen LogP contribution >= 0.6 is 0 Å². The number of hydrogen-bond acceptors (Lipinski definition) is 2. The lowest BCUT2D eigenvalue weighted by Gasteiger charge is -2.27. The second kappa shape index (κ2) is 8.43. The van der Waals surface area contributed by atoms with Gasteiger partial charge in [-0.3, -0.25) is 4.90 Å². The summed E-state index contributed by atoms with van der Waals surface area (Å²) in [6.07, 6.45) is 3.45. The normalized spacial score (nSPS) is 14.8. The molecule has 2 unspecified atom stereocenters. The van der Waals surface area contributed by atoms with Gasteiger partial charge < -0.3 is 5.73 Å². The van der Waals surface area contributed by atoms with E-state index in [1.54, 1.807) is 0 Å². The van der Waals surface area contributed by atoms with E-state index in [1.165, 1.54) is 24.0 Å². The van der Waals surface area contributed by atoms with Gasteiger partial charge in [-0.15, -0.1) is 0 Å². The topological polar surface area (TPSA) is 29.3 Å². The molecule has 2 N–H and O–H groups in total. The van der Waals surface area contributed by atoms with Crippen molar-refractivity contribution < 1.29 is 0 Å². The summed E-state index contributed by atoms with van der Waals surface area (Å²) in [5.74, 6) is 0.562. The van der Waals surface area contributed by atoms with E-state index >= 15 is 0 Å². The van der Waals surface area contributed by atoms with E-state index in [9.17, 15) is 0 Å². The summed E-state index contributed by atoms with van der Waals surface area (Å²) in [6, 6.07) is 9.83. The van der Waals surface area contributed by atoms with E-state index in [4.69, 9.17) is 5.73 Å². The second-order valence-electron chi connectivity index (χ2n) is 6.34. The number of nitrogens with two attached hydrogens (primary N) is 1. The van der Waals surface area contributed by atoms with Crippen molar-refractivity contribution in [2.75, 3.05) is 13.6 Å². The van der Waals surface area contributed by atoms with Crippen LogP contribution in [0, 0.1) is 5.92 Å². The van der Waals surface area contributed by atoms with Gasteiger partial charge in [-0.05, 0) is 50.4 Å². The van der Waals surface area contributed by atoms with E-state index in [-0.39, 0.29) is 0 Å². The molecule has 0 heterocycles. The van der Waals surface area contributed by atoms with Gasteiger partial charge in [0, 0.05) is 12.1 Å². The third-order valence-corrected chi connectivity index (χ3v) is 4.33. The second-order valence-corrected chi connectivity index (χ2v) is 6.34. The van der Waals surface area contributed by atoms with Crippen LogP contribution < -0.4 is 5.73 Å². The zero-order chi connectivity index (χ0) is 15.1. The molecule has 0 saturated heterocycles. The van der Waals surface area contributed by atoms with Crippen molar-refractivity contribution in [1.29, 1.82) is 0 Å². The van der Waals surface area contributed by atoms with Gasteiger partial charge in [0.2, 0.25) is 0 Å². The fraction of sp³-hybridized carbons (Fsp3) is 0.667. The average molecular weight is 276 g/mol. The molecule has 0 aromatic heterocycles. The molecule has 2 atom stereocenters. The third-order valence-electron chi connectivity index (χ3n) is 4.33. The zero-order valence-corrected chi connectivity index (χ0v) is 13.9. The minimum atomic E-state index is 0.302. The summed E-state index contributed by atoms with van der Waals surface area (Å²) < 4.78 is 0. The molecule has 2 nitrogen and oxygen atoms in total. The summed E-state index contributed by atoms with van der Waals surface area (Å²) >= 11 is 0. The predicted molar refractivity (Wildman–Crippen MR) is 88.9 cm³/mol. The van der Waals surface area contributed by atoms with Gasteiger partial charge in [-0.1, -0.05) is 51.5 Å².